The van der Waals surface area contributed by atoms with Crippen LogP contribution in [0, 0.1) is 6.92 Å². The van der Waals surface area contributed by atoms with E-state index in [1.165, 1.54) is 16.5 Å². The van der Waals surface area contributed by atoms with Crippen molar-refractivity contribution in [2.24, 2.45) is 7.05 Å². The number of nitrogens with zero attached hydrogens (tertiary/aromatic N) is 4. The average molecular weight is 326 g/mol. The van der Waals surface area contributed by atoms with Crippen molar-refractivity contribution < 1.29 is 14.3 Å². The molecule has 2 rings (SSSR count). The number of halogens is 1. The lowest BCUT2D eigenvalue weighted by atomic mass is 10.3. The van der Waals surface area contributed by atoms with E-state index in [0.717, 1.165) is 0 Å². The lowest BCUT2D eigenvalue weighted by molar-refractivity contribution is 0.0594. The standard InChI is InChI=1S/C13H16ClN5O3/c1-5-19-6-8(10(17-19)13(21)22-4)15-12(20)11-9(14)7(2)18(3)16-11/h6H,5H2,1-4H3,(H,15,20). The van der Waals surface area contributed by atoms with Crippen LogP contribution in [-0.4, -0.2) is 38.5 Å². The summed E-state index contributed by atoms with van der Waals surface area (Å²) in [5.41, 5.74) is 1.03. The van der Waals surface area contributed by atoms with E-state index in [9.17, 15) is 9.59 Å². The molecule has 0 aliphatic rings. The summed E-state index contributed by atoms with van der Waals surface area (Å²) in [7, 11) is 2.94. The first-order valence-corrected chi connectivity index (χ1v) is 6.93. The maximum absolute atomic E-state index is 12.3. The molecule has 1 amide bonds. The van der Waals surface area contributed by atoms with Crippen LogP contribution in [0.4, 0.5) is 5.69 Å². The molecule has 2 aromatic rings. The molecule has 0 saturated carbocycles. The number of esters is 1. The van der Waals surface area contributed by atoms with Crippen LogP contribution < -0.4 is 5.32 Å². The SMILES string of the molecule is CCn1cc(NC(=O)c2nn(C)c(C)c2Cl)c(C(=O)OC)n1. The largest absolute Gasteiger partial charge is 0.464 e. The molecule has 22 heavy (non-hydrogen) atoms. The summed E-state index contributed by atoms with van der Waals surface area (Å²) in [4.78, 5) is 24.0. The number of hydrogen-bond acceptors (Lipinski definition) is 5. The molecule has 0 radical (unpaired) electrons. The Balaban J connectivity index is 2.33. The zero-order valence-electron chi connectivity index (χ0n) is 12.7. The summed E-state index contributed by atoms with van der Waals surface area (Å²) >= 11 is 6.08. The van der Waals surface area contributed by atoms with Gasteiger partial charge in [-0.1, -0.05) is 11.6 Å². The van der Waals surface area contributed by atoms with Crippen LogP contribution in [0.1, 0.15) is 33.6 Å². The number of carbonyl (C=O) groups is 2. The van der Waals surface area contributed by atoms with Crippen LogP contribution in [0.25, 0.3) is 0 Å². The van der Waals surface area contributed by atoms with Gasteiger partial charge in [-0.25, -0.2) is 4.79 Å². The fraction of sp³-hybridized carbons (Fsp3) is 0.385. The van der Waals surface area contributed by atoms with Gasteiger partial charge in [0.05, 0.1) is 23.5 Å². The second-order valence-electron chi connectivity index (χ2n) is 4.56. The fourth-order valence-electron chi connectivity index (χ4n) is 1.83. The third-order valence-corrected chi connectivity index (χ3v) is 3.64. The van der Waals surface area contributed by atoms with Crippen molar-refractivity contribution >= 4 is 29.2 Å². The number of nitrogens with one attached hydrogen (secondary N) is 1. The van der Waals surface area contributed by atoms with E-state index in [1.807, 2.05) is 6.92 Å². The van der Waals surface area contributed by atoms with E-state index < -0.39 is 11.9 Å². The smallest absolute Gasteiger partial charge is 0.360 e. The highest BCUT2D eigenvalue weighted by Crippen LogP contribution is 2.22. The molecule has 118 valence electrons. The number of aryl methyl sites for hydroxylation is 2. The Bertz CT molecular complexity index is 734. The maximum atomic E-state index is 12.3. The fourth-order valence-corrected chi connectivity index (χ4v) is 2.08. The number of methoxy groups -OCH3 is 1. The van der Waals surface area contributed by atoms with Crippen molar-refractivity contribution in [2.75, 3.05) is 12.4 Å². The van der Waals surface area contributed by atoms with Crippen molar-refractivity contribution in [2.45, 2.75) is 20.4 Å². The Labute approximate surface area is 132 Å². The predicted molar refractivity (Wildman–Crippen MR) is 80.1 cm³/mol. The Hall–Kier alpha value is -2.35. The van der Waals surface area contributed by atoms with Gasteiger partial charge in [0.1, 0.15) is 0 Å². The molecular weight excluding hydrogens is 310 g/mol. The molecule has 0 saturated heterocycles. The highest BCUT2D eigenvalue weighted by molar-refractivity contribution is 6.34. The minimum atomic E-state index is -0.634. The van der Waals surface area contributed by atoms with Crippen molar-refractivity contribution in [3.63, 3.8) is 0 Å². The summed E-state index contributed by atoms with van der Waals surface area (Å²) < 4.78 is 7.69. The molecule has 0 aromatic carbocycles. The molecule has 0 unspecified atom stereocenters. The van der Waals surface area contributed by atoms with Crippen molar-refractivity contribution in [3.05, 3.63) is 28.3 Å². The normalized spacial score (nSPS) is 10.6. The van der Waals surface area contributed by atoms with Gasteiger partial charge in [0, 0.05) is 19.8 Å². The van der Waals surface area contributed by atoms with E-state index in [4.69, 9.17) is 11.6 Å². The first-order chi connectivity index (χ1) is 10.4. The van der Waals surface area contributed by atoms with Gasteiger partial charge < -0.3 is 10.1 Å². The number of ether oxygens (including phenoxy) is 1. The molecule has 0 aliphatic carbocycles. The highest BCUT2D eigenvalue weighted by atomic mass is 35.5. The topological polar surface area (TPSA) is 91.0 Å². The molecule has 0 spiro atoms. The first kappa shape index (κ1) is 16.0. The van der Waals surface area contributed by atoms with Crippen molar-refractivity contribution in [3.8, 4) is 0 Å². The average Bonchev–Trinajstić information content (AvgIpc) is 3.02. The van der Waals surface area contributed by atoms with Crippen LogP contribution in [0.5, 0.6) is 0 Å². The van der Waals surface area contributed by atoms with Gasteiger partial charge in [0.15, 0.2) is 11.4 Å². The van der Waals surface area contributed by atoms with Gasteiger partial charge in [-0.15, -0.1) is 0 Å². The zero-order valence-corrected chi connectivity index (χ0v) is 13.4. The van der Waals surface area contributed by atoms with E-state index in [-0.39, 0.29) is 22.1 Å². The van der Waals surface area contributed by atoms with Crippen molar-refractivity contribution in [1.29, 1.82) is 0 Å². The Morgan fingerprint density at radius 2 is 2.05 bits per heavy atom. The summed E-state index contributed by atoms with van der Waals surface area (Å²) in [5, 5.41) is 11.0. The van der Waals surface area contributed by atoms with Gasteiger partial charge in [-0.3, -0.25) is 14.2 Å². The van der Waals surface area contributed by atoms with Crippen LogP contribution in [-0.2, 0) is 18.3 Å². The van der Waals surface area contributed by atoms with Crippen molar-refractivity contribution in [1.82, 2.24) is 19.6 Å². The minimum absolute atomic E-state index is 0.0291. The number of rotatable bonds is 4. The maximum Gasteiger partial charge on any atom is 0.360 e. The lowest BCUT2D eigenvalue weighted by Gasteiger charge is -2.02. The molecule has 0 atom stereocenters. The molecule has 2 heterocycles. The van der Waals surface area contributed by atoms with Gasteiger partial charge in [-0.2, -0.15) is 10.2 Å². The van der Waals surface area contributed by atoms with Gasteiger partial charge in [-0.05, 0) is 13.8 Å². The molecule has 2 aromatic heterocycles. The minimum Gasteiger partial charge on any atom is -0.464 e. The summed E-state index contributed by atoms with van der Waals surface area (Å²) in [5.74, 6) is -1.15. The van der Waals surface area contributed by atoms with Crippen LogP contribution >= 0.6 is 11.6 Å². The van der Waals surface area contributed by atoms with E-state index in [0.29, 0.717) is 12.2 Å². The molecule has 9 heteroatoms. The second kappa shape index (κ2) is 6.18. The quantitative estimate of drug-likeness (QED) is 0.863. The zero-order chi connectivity index (χ0) is 16.4. The number of aromatic nitrogens is 4. The predicted octanol–water partition coefficient (Wildman–Crippen LogP) is 1.64. The Kier molecular flexibility index (Phi) is 4.51. The third kappa shape index (κ3) is 2.82. The van der Waals surface area contributed by atoms with Crippen LogP contribution in [0.2, 0.25) is 5.02 Å². The van der Waals surface area contributed by atoms with E-state index in [1.54, 1.807) is 20.2 Å². The molecule has 0 fully saturated rings. The summed E-state index contributed by atoms with van der Waals surface area (Å²) in [6.07, 6.45) is 1.55. The van der Waals surface area contributed by atoms with Gasteiger partial charge in [0.25, 0.3) is 5.91 Å². The molecule has 0 aliphatic heterocycles. The van der Waals surface area contributed by atoms with Crippen LogP contribution in [0.15, 0.2) is 6.20 Å². The summed E-state index contributed by atoms with van der Waals surface area (Å²) in [6.45, 7) is 4.16. The van der Waals surface area contributed by atoms with Crippen LogP contribution in [0.3, 0.4) is 0 Å². The molecule has 8 nitrogen and oxygen atoms in total. The van der Waals surface area contributed by atoms with Gasteiger partial charge in [0.2, 0.25) is 0 Å². The molecular formula is C13H16ClN5O3. The summed E-state index contributed by atoms with van der Waals surface area (Å²) in [6, 6.07) is 0. The lowest BCUT2D eigenvalue weighted by Crippen LogP contribution is -2.16. The molecule has 0 bridgehead atoms. The number of anilines is 1. The van der Waals surface area contributed by atoms with Gasteiger partial charge >= 0.3 is 5.97 Å². The Morgan fingerprint density at radius 1 is 1.36 bits per heavy atom. The number of carbonyl (C=O) groups excluding carboxylic acids is 2. The van der Waals surface area contributed by atoms with E-state index in [2.05, 4.69) is 20.3 Å². The second-order valence-corrected chi connectivity index (χ2v) is 4.94. The number of amides is 1. The number of hydrogen-bond donors (Lipinski definition) is 1. The third-order valence-electron chi connectivity index (χ3n) is 3.19. The molecule has 1 N–H and O–H groups in total. The first-order valence-electron chi connectivity index (χ1n) is 6.55. The monoisotopic (exact) mass is 325 g/mol. The Morgan fingerprint density at radius 3 is 2.55 bits per heavy atom. The highest BCUT2D eigenvalue weighted by Gasteiger charge is 2.23. The van der Waals surface area contributed by atoms with E-state index >= 15 is 0 Å².